The molecule has 27 heavy (non-hydrogen) atoms. The maximum absolute atomic E-state index is 11.0. The first-order valence-electron chi connectivity index (χ1n) is 9.93. The normalized spacial score (nSPS) is 13.9. The van der Waals surface area contributed by atoms with E-state index in [9.17, 15) is 15.0 Å². The molecule has 2 unspecified atom stereocenters. The zero-order chi connectivity index (χ0) is 19.9. The second-order valence-electron chi connectivity index (χ2n) is 6.78. The van der Waals surface area contributed by atoms with Gasteiger partial charge in [-0.2, -0.15) is 0 Å². The lowest BCUT2D eigenvalue weighted by molar-refractivity contribution is -0.140. The van der Waals surface area contributed by atoms with Crippen molar-refractivity contribution in [3.63, 3.8) is 0 Å². The van der Waals surface area contributed by atoms with Gasteiger partial charge in [0.05, 0.1) is 19.3 Å². The number of esters is 1. The van der Waals surface area contributed by atoms with Crippen LogP contribution in [0.1, 0.15) is 75.5 Å². The number of hydrogen-bond acceptors (Lipinski definition) is 4. The van der Waals surface area contributed by atoms with Crippen LogP contribution in [-0.4, -0.2) is 29.4 Å². The third kappa shape index (κ3) is 10.7. The zero-order valence-electron chi connectivity index (χ0n) is 16.6. The third-order valence-corrected chi connectivity index (χ3v) is 4.44. The molecule has 1 aromatic rings. The number of carbonyl (C=O) groups excluding carboxylic acids is 1. The van der Waals surface area contributed by atoms with Crippen LogP contribution in [0, 0.1) is 0 Å². The van der Waals surface area contributed by atoms with Gasteiger partial charge < -0.3 is 14.9 Å². The largest absolute Gasteiger partial charge is 0.469 e. The molecule has 0 amide bonds. The van der Waals surface area contributed by atoms with Crippen LogP contribution < -0.4 is 0 Å². The molecular weight excluding hydrogens is 340 g/mol. The van der Waals surface area contributed by atoms with Crippen molar-refractivity contribution in [2.24, 2.45) is 0 Å². The molecule has 0 radical (unpaired) electrons. The lowest BCUT2D eigenvalue weighted by Crippen LogP contribution is -2.05. The zero-order valence-corrected chi connectivity index (χ0v) is 16.6. The SMILES string of the molecule is CCCCC/C=C\CC(O)c1ccc(/C=C\C(O)CCCC(=O)OC)cc1. The van der Waals surface area contributed by atoms with E-state index in [4.69, 9.17) is 0 Å². The van der Waals surface area contributed by atoms with Crippen molar-refractivity contribution >= 4 is 12.0 Å². The average Bonchev–Trinajstić information content (AvgIpc) is 2.69. The fraction of sp³-hybridized carbons (Fsp3) is 0.522. The Labute approximate surface area is 163 Å². The number of hydrogen-bond donors (Lipinski definition) is 2. The summed E-state index contributed by atoms with van der Waals surface area (Å²) in [7, 11) is 1.36. The highest BCUT2D eigenvalue weighted by Crippen LogP contribution is 2.19. The number of rotatable bonds is 13. The first-order chi connectivity index (χ1) is 13.1. The van der Waals surface area contributed by atoms with E-state index < -0.39 is 12.2 Å². The summed E-state index contributed by atoms with van der Waals surface area (Å²) in [6.45, 7) is 2.19. The number of methoxy groups -OCH3 is 1. The predicted molar refractivity (Wildman–Crippen MR) is 110 cm³/mol. The van der Waals surface area contributed by atoms with Crippen LogP contribution in [0.4, 0.5) is 0 Å². The second-order valence-corrected chi connectivity index (χ2v) is 6.78. The van der Waals surface area contributed by atoms with Crippen molar-refractivity contribution in [3.05, 3.63) is 53.6 Å². The van der Waals surface area contributed by atoms with Gasteiger partial charge in [-0.1, -0.05) is 68.3 Å². The first-order valence-corrected chi connectivity index (χ1v) is 9.93. The number of carbonyl (C=O) groups is 1. The van der Waals surface area contributed by atoms with Crippen LogP contribution in [0.5, 0.6) is 0 Å². The molecule has 1 rings (SSSR count). The summed E-state index contributed by atoms with van der Waals surface area (Å²) >= 11 is 0. The van der Waals surface area contributed by atoms with Gasteiger partial charge in [-0.25, -0.2) is 0 Å². The fourth-order valence-electron chi connectivity index (χ4n) is 2.70. The molecule has 0 saturated heterocycles. The Balaban J connectivity index is 2.38. The number of ether oxygens (including phenoxy) is 1. The van der Waals surface area contributed by atoms with Crippen molar-refractivity contribution in [2.45, 2.75) is 70.5 Å². The van der Waals surface area contributed by atoms with Crippen molar-refractivity contribution in [1.82, 2.24) is 0 Å². The Morgan fingerprint density at radius 3 is 2.52 bits per heavy atom. The Kier molecular flexibility index (Phi) is 12.2. The molecule has 0 fully saturated rings. The maximum atomic E-state index is 11.0. The highest BCUT2D eigenvalue weighted by molar-refractivity contribution is 5.69. The standard InChI is InChI=1S/C23H34O4/c1-3-4-5-6-7-8-11-22(25)20-16-13-19(14-17-20)15-18-21(24)10-9-12-23(26)27-2/h7-8,13-18,21-22,24-25H,3-6,9-12H2,1-2H3/b8-7-,18-15-. The Hall–Kier alpha value is -1.91. The molecule has 0 heterocycles. The molecule has 0 aliphatic carbocycles. The van der Waals surface area contributed by atoms with Gasteiger partial charge in [0.2, 0.25) is 0 Å². The van der Waals surface area contributed by atoms with Gasteiger partial charge in [0.25, 0.3) is 0 Å². The lowest BCUT2D eigenvalue weighted by atomic mass is 10.0. The molecule has 4 nitrogen and oxygen atoms in total. The Morgan fingerprint density at radius 2 is 1.85 bits per heavy atom. The molecule has 0 spiro atoms. The maximum Gasteiger partial charge on any atom is 0.305 e. The number of allylic oxidation sites excluding steroid dienone is 1. The minimum Gasteiger partial charge on any atom is -0.469 e. The van der Waals surface area contributed by atoms with Crippen LogP contribution >= 0.6 is 0 Å². The summed E-state index contributed by atoms with van der Waals surface area (Å²) in [5.74, 6) is -0.254. The predicted octanol–water partition coefficient (Wildman–Crippen LogP) is 4.96. The fourth-order valence-corrected chi connectivity index (χ4v) is 2.70. The summed E-state index contributed by atoms with van der Waals surface area (Å²) in [4.78, 5) is 11.0. The van der Waals surface area contributed by atoms with Crippen LogP contribution in [-0.2, 0) is 9.53 Å². The molecule has 0 saturated carbocycles. The van der Waals surface area contributed by atoms with E-state index in [1.807, 2.05) is 30.3 Å². The topological polar surface area (TPSA) is 66.8 Å². The van der Waals surface area contributed by atoms with Crippen molar-refractivity contribution in [3.8, 4) is 0 Å². The monoisotopic (exact) mass is 374 g/mol. The highest BCUT2D eigenvalue weighted by atomic mass is 16.5. The quantitative estimate of drug-likeness (QED) is 0.291. The minimum atomic E-state index is -0.585. The Bertz CT molecular complexity index is 575. The van der Waals surface area contributed by atoms with Gasteiger partial charge >= 0.3 is 5.97 Å². The van der Waals surface area contributed by atoms with Crippen LogP contribution in [0.15, 0.2) is 42.5 Å². The molecule has 4 heteroatoms. The number of unbranched alkanes of at least 4 members (excludes halogenated alkanes) is 3. The summed E-state index contributed by atoms with van der Waals surface area (Å²) in [5, 5.41) is 20.2. The summed E-state index contributed by atoms with van der Waals surface area (Å²) in [6, 6.07) is 7.69. The van der Waals surface area contributed by atoms with Gasteiger partial charge in [0.1, 0.15) is 0 Å². The summed E-state index contributed by atoms with van der Waals surface area (Å²) in [6.07, 6.45) is 13.5. The second kappa shape index (κ2) is 14.2. The van der Waals surface area contributed by atoms with Crippen molar-refractivity contribution in [1.29, 1.82) is 0 Å². The molecule has 0 aromatic heterocycles. The number of aliphatic hydroxyl groups excluding tert-OH is 2. The Morgan fingerprint density at radius 1 is 1.11 bits per heavy atom. The van der Waals surface area contributed by atoms with Gasteiger partial charge in [-0.15, -0.1) is 0 Å². The van der Waals surface area contributed by atoms with Gasteiger partial charge in [0, 0.05) is 6.42 Å². The third-order valence-electron chi connectivity index (χ3n) is 4.44. The van der Waals surface area contributed by atoms with Crippen molar-refractivity contribution in [2.75, 3.05) is 7.11 Å². The molecule has 0 aliphatic heterocycles. The molecule has 0 aliphatic rings. The van der Waals surface area contributed by atoms with E-state index in [1.165, 1.54) is 26.4 Å². The van der Waals surface area contributed by atoms with Crippen LogP contribution in [0.2, 0.25) is 0 Å². The van der Waals surface area contributed by atoms with Crippen molar-refractivity contribution < 1.29 is 19.7 Å². The minimum absolute atomic E-state index is 0.254. The van der Waals surface area contributed by atoms with E-state index >= 15 is 0 Å². The van der Waals surface area contributed by atoms with Gasteiger partial charge in [-0.3, -0.25) is 4.79 Å². The van der Waals surface area contributed by atoms with E-state index in [1.54, 1.807) is 6.08 Å². The highest BCUT2D eigenvalue weighted by Gasteiger charge is 2.06. The van der Waals surface area contributed by atoms with Crippen LogP contribution in [0.25, 0.3) is 6.08 Å². The number of benzene rings is 1. The molecule has 2 N–H and O–H groups in total. The lowest BCUT2D eigenvalue weighted by Gasteiger charge is -2.09. The molecule has 150 valence electrons. The van der Waals surface area contributed by atoms with E-state index in [-0.39, 0.29) is 5.97 Å². The van der Waals surface area contributed by atoms with E-state index in [0.29, 0.717) is 25.7 Å². The summed E-state index contributed by atoms with van der Waals surface area (Å²) < 4.78 is 4.57. The average molecular weight is 375 g/mol. The molecule has 1 aromatic carbocycles. The van der Waals surface area contributed by atoms with Gasteiger partial charge in [-0.05, 0) is 43.2 Å². The van der Waals surface area contributed by atoms with E-state index in [2.05, 4.69) is 23.8 Å². The smallest absolute Gasteiger partial charge is 0.305 e. The first kappa shape index (κ1) is 23.1. The number of aliphatic hydroxyl groups is 2. The summed E-state index contributed by atoms with van der Waals surface area (Å²) in [5.41, 5.74) is 1.86. The molecular formula is C23H34O4. The van der Waals surface area contributed by atoms with Crippen LogP contribution in [0.3, 0.4) is 0 Å². The van der Waals surface area contributed by atoms with E-state index in [0.717, 1.165) is 17.5 Å². The molecule has 2 atom stereocenters. The molecule has 0 bridgehead atoms. The van der Waals surface area contributed by atoms with Gasteiger partial charge in [0.15, 0.2) is 0 Å².